The molecule has 1 saturated heterocycles. The van der Waals surface area contributed by atoms with Crippen molar-refractivity contribution in [2.24, 2.45) is 0 Å². The molecular weight excluding hydrogens is 325 g/mol. The summed E-state index contributed by atoms with van der Waals surface area (Å²) >= 11 is 0. The minimum atomic E-state index is -2.51. The Morgan fingerprint density at radius 1 is 0.920 bits per heavy atom. The Hall–Kier alpha value is -1.37. The third-order valence-electron chi connectivity index (χ3n) is 5.60. The molecule has 1 heterocycles. The molecule has 0 radical (unpaired) electrons. The van der Waals surface area contributed by atoms with Crippen LogP contribution in [0.4, 0.5) is 0 Å². The van der Waals surface area contributed by atoms with Gasteiger partial charge in [0.25, 0.3) is 0 Å². The van der Waals surface area contributed by atoms with E-state index in [0.29, 0.717) is 0 Å². The fourth-order valence-corrected chi connectivity index (χ4v) is 7.97. The van der Waals surface area contributed by atoms with E-state index in [0.717, 1.165) is 19.3 Å². The molecule has 0 bridgehead atoms. The second-order valence-electron chi connectivity index (χ2n) is 7.38. The highest BCUT2D eigenvalue weighted by atomic mass is 31.2. The number of rotatable bonds is 6. The van der Waals surface area contributed by atoms with Crippen molar-refractivity contribution in [3.05, 3.63) is 71.3 Å². The highest BCUT2D eigenvalue weighted by Gasteiger charge is 2.48. The summed E-state index contributed by atoms with van der Waals surface area (Å²) in [5.41, 5.74) is 4.15. The largest absolute Gasteiger partial charge is 0.305 e. The van der Waals surface area contributed by atoms with Gasteiger partial charge in [0.05, 0.1) is 11.3 Å². The first-order chi connectivity index (χ1) is 12.1. The van der Waals surface area contributed by atoms with Crippen molar-refractivity contribution in [2.75, 3.05) is 14.1 Å². The summed E-state index contributed by atoms with van der Waals surface area (Å²) in [5.74, 6) is 0. The van der Waals surface area contributed by atoms with Gasteiger partial charge in [0, 0.05) is 0 Å². The van der Waals surface area contributed by atoms with Crippen LogP contribution < -0.4 is 0 Å². The van der Waals surface area contributed by atoms with Gasteiger partial charge in [-0.2, -0.15) is 0 Å². The van der Waals surface area contributed by atoms with E-state index in [-0.39, 0.29) is 11.3 Å². The van der Waals surface area contributed by atoms with E-state index >= 15 is 0 Å². The zero-order chi connectivity index (χ0) is 17.9. The predicted octanol–water partition coefficient (Wildman–Crippen LogP) is 6.45. The van der Waals surface area contributed by atoms with E-state index < -0.39 is 7.29 Å². The van der Waals surface area contributed by atoms with Crippen LogP contribution in [0.1, 0.15) is 60.6 Å². The molecule has 3 atom stereocenters. The van der Waals surface area contributed by atoms with Crippen LogP contribution >= 0.6 is 7.29 Å². The fourth-order valence-electron chi connectivity index (χ4n) is 4.18. The third kappa shape index (κ3) is 3.61. The van der Waals surface area contributed by atoms with Crippen molar-refractivity contribution in [1.82, 2.24) is 4.67 Å². The van der Waals surface area contributed by atoms with Gasteiger partial charge in [-0.25, -0.2) is 0 Å². The van der Waals surface area contributed by atoms with Crippen molar-refractivity contribution in [2.45, 2.75) is 50.3 Å². The van der Waals surface area contributed by atoms with Crippen molar-refractivity contribution in [3.8, 4) is 0 Å². The van der Waals surface area contributed by atoms with E-state index in [1.54, 1.807) is 0 Å². The average Bonchev–Trinajstić information content (AvgIpc) is 3.00. The molecule has 1 fully saturated rings. The van der Waals surface area contributed by atoms with Crippen molar-refractivity contribution < 1.29 is 4.57 Å². The molecule has 0 aromatic heterocycles. The molecule has 1 unspecified atom stereocenters. The van der Waals surface area contributed by atoms with Gasteiger partial charge in [-0.3, -0.25) is 4.67 Å². The van der Waals surface area contributed by atoms with Crippen LogP contribution in [0, 0.1) is 0 Å². The lowest BCUT2D eigenvalue weighted by molar-refractivity contribution is 0.502. The van der Waals surface area contributed by atoms with Gasteiger partial charge in [0.2, 0.25) is 0 Å². The molecule has 2 nitrogen and oxygen atoms in total. The van der Waals surface area contributed by atoms with E-state index in [2.05, 4.69) is 55.5 Å². The fraction of sp³-hybridized carbons (Fsp3) is 0.455. The van der Waals surface area contributed by atoms with E-state index in [4.69, 9.17) is 0 Å². The molecule has 134 valence electrons. The standard InChI is InChI=1S/C22H30NOP/c1-4-5-9-18-12-14-20(15-13-18)22-17-16-21(25(22,24)23(2)3)19-10-7-6-8-11-19/h6-8,10-15,21-22H,4-5,9,16-17H2,1-3H3/t21-,22-,25?/m0/s1. The average molecular weight is 355 g/mol. The van der Waals surface area contributed by atoms with Crippen LogP contribution in [-0.4, -0.2) is 18.8 Å². The number of aryl methyl sites for hydroxylation is 1. The molecular formula is C22H30NOP. The van der Waals surface area contributed by atoms with Crippen LogP contribution in [0.2, 0.25) is 0 Å². The summed E-state index contributed by atoms with van der Waals surface area (Å²) < 4.78 is 16.2. The number of benzene rings is 2. The first-order valence-electron chi connectivity index (χ1n) is 9.48. The van der Waals surface area contributed by atoms with Gasteiger partial charge in [-0.15, -0.1) is 0 Å². The summed E-state index contributed by atoms with van der Waals surface area (Å²) in [6, 6.07) is 19.3. The molecule has 0 amide bonds. The summed E-state index contributed by atoms with van der Waals surface area (Å²) in [6.07, 6.45) is 5.60. The van der Waals surface area contributed by atoms with Crippen molar-refractivity contribution in [1.29, 1.82) is 0 Å². The van der Waals surface area contributed by atoms with Gasteiger partial charge in [0.1, 0.15) is 0 Å². The lowest BCUT2D eigenvalue weighted by atomic mass is 10.0. The zero-order valence-corrected chi connectivity index (χ0v) is 16.6. The molecule has 25 heavy (non-hydrogen) atoms. The Kier molecular flexibility index (Phi) is 5.81. The van der Waals surface area contributed by atoms with E-state index in [9.17, 15) is 4.57 Å². The minimum absolute atomic E-state index is 0.146. The Balaban J connectivity index is 1.90. The topological polar surface area (TPSA) is 20.3 Å². The first-order valence-corrected chi connectivity index (χ1v) is 11.3. The first kappa shape index (κ1) is 18.4. The summed E-state index contributed by atoms with van der Waals surface area (Å²) in [5, 5.41) is 0. The Morgan fingerprint density at radius 2 is 1.48 bits per heavy atom. The summed E-state index contributed by atoms with van der Waals surface area (Å²) in [6.45, 7) is 2.23. The van der Waals surface area contributed by atoms with Gasteiger partial charge in [-0.05, 0) is 56.5 Å². The number of hydrogen-bond acceptors (Lipinski definition) is 1. The molecule has 2 aromatic rings. The van der Waals surface area contributed by atoms with E-state index in [1.165, 1.54) is 29.5 Å². The van der Waals surface area contributed by atoms with Crippen LogP contribution in [0.15, 0.2) is 54.6 Å². The van der Waals surface area contributed by atoms with Crippen LogP contribution in [0.25, 0.3) is 0 Å². The maximum Gasteiger partial charge on any atom is 0.164 e. The molecule has 2 aromatic carbocycles. The van der Waals surface area contributed by atoms with Crippen molar-refractivity contribution in [3.63, 3.8) is 0 Å². The molecule has 0 aliphatic carbocycles. The molecule has 0 spiro atoms. The van der Waals surface area contributed by atoms with Crippen molar-refractivity contribution >= 4 is 7.29 Å². The second kappa shape index (κ2) is 7.89. The number of unbranched alkanes of at least 4 members (excludes halogenated alkanes) is 1. The lowest BCUT2D eigenvalue weighted by Crippen LogP contribution is -2.14. The lowest BCUT2D eigenvalue weighted by Gasteiger charge is -2.32. The van der Waals surface area contributed by atoms with Crippen LogP contribution in [0.3, 0.4) is 0 Å². The number of hydrogen-bond donors (Lipinski definition) is 0. The quantitative estimate of drug-likeness (QED) is 0.555. The van der Waals surface area contributed by atoms with Crippen LogP contribution in [0.5, 0.6) is 0 Å². The molecule has 3 rings (SSSR count). The second-order valence-corrected chi connectivity index (χ2v) is 10.8. The summed E-state index contributed by atoms with van der Waals surface area (Å²) in [4.78, 5) is 0. The van der Waals surface area contributed by atoms with Crippen LogP contribution in [-0.2, 0) is 11.0 Å². The maximum absolute atomic E-state index is 14.2. The highest BCUT2D eigenvalue weighted by molar-refractivity contribution is 7.62. The molecule has 0 saturated carbocycles. The Labute approximate surface area is 152 Å². The normalized spacial score (nSPS) is 26.2. The number of nitrogens with zero attached hydrogens (tertiary/aromatic N) is 1. The van der Waals surface area contributed by atoms with Gasteiger partial charge in [0.15, 0.2) is 7.29 Å². The minimum Gasteiger partial charge on any atom is -0.305 e. The van der Waals surface area contributed by atoms with Gasteiger partial charge >= 0.3 is 0 Å². The summed E-state index contributed by atoms with van der Waals surface area (Å²) in [7, 11) is 1.47. The Bertz CT molecular complexity index is 723. The third-order valence-corrected chi connectivity index (χ3v) is 9.75. The molecule has 0 N–H and O–H groups in total. The molecule has 3 heteroatoms. The maximum atomic E-state index is 14.2. The molecule has 1 aliphatic rings. The zero-order valence-electron chi connectivity index (χ0n) is 15.7. The highest BCUT2D eigenvalue weighted by Crippen LogP contribution is 2.77. The van der Waals surface area contributed by atoms with Gasteiger partial charge < -0.3 is 4.57 Å². The Morgan fingerprint density at radius 3 is 2.00 bits per heavy atom. The molecule has 1 aliphatic heterocycles. The van der Waals surface area contributed by atoms with E-state index in [1.807, 2.05) is 24.8 Å². The SMILES string of the molecule is CCCCc1ccc([C@@H]2CC[C@@H](c3ccccc3)P2(=O)N(C)C)cc1. The van der Waals surface area contributed by atoms with Gasteiger partial charge in [-0.1, -0.05) is 67.9 Å². The smallest absolute Gasteiger partial charge is 0.164 e. The predicted molar refractivity (Wildman–Crippen MR) is 108 cm³/mol. The monoisotopic (exact) mass is 355 g/mol.